The zero-order valence-electron chi connectivity index (χ0n) is 10.4. The van der Waals surface area contributed by atoms with Gasteiger partial charge in [-0.25, -0.2) is 0 Å². The van der Waals surface area contributed by atoms with Crippen LogP contribution in [-0.2, 0) is 12.5 Å². The number of aromatic nitrogens is 2. The van der Waals surface area contributed by atoms with Crippen LogP contribution in [0.5, 0.6) is 5.75 Å². The summed E-state index contributed by atoms with van der Waals surface area (Å²) in [5.41, 5.74) is 1.16. The molecule has 1 heterocycles. The molecule has 1 aromatic heterocycles. The lowest BCUT2D eigenvalue weighted by Gasteiger charge is -2.12. The number of hydrogen-bond acceptors (Lipinski definition) is 4. The Morgan fingerprint density at radius 2 is 1.94 bits per heavy atom. The van der Waals surface area contributed by atoms with Gasteiger partial charge in [0.1, 0.15) is 11.6 Å². The van der Waals surface area contributed by atoms with E-state index in [0.717, 1.165) is 11.3 Å². The summed E-state index contributed by atoms with van der Waals surface area (Å²) in [5.74, 6) is 2.31. The molecule has 0 radical (unpaired) electrons. The molecule has 0 saturated carbocycles. The second-order valence-electron chi connectivity index (χ2n) is 4.20. The molecule has 0 aliphatic rings. The zero-order chi connectivity index (χ0) is 13.0. The normalized spacial score (nSPS) is 10.9. The van der Waals surface area contributed by atoms with Crippen LogP contribution in [0, 0.1) is 0 Å². The predicted octanol–water partition coefficient (Wildman–Crippen LogP) is 3.51. The molecule has 4 nitrogen and oxygen atoms in total. The Morgan fingerprint density at radius 1 is 1.22 bits per heavy atom. The van der Waals surface area contributed by atoms with Crippen LogP contribution in [0.3, 0.4) is 0 Å². The lowest BCUT2D eigenvalue weighted by Crippen LogP contribution is -2.00. The van der Waals surface area contributed by atoms with Crippen molar-refractivity contribution in [1.82, 2.24) is 10.2 Å². The maximum absolute atomic E-state index is 5.70. The average Bonchev–Trinajstić information content (AvgIpc) is 2.84. The highest BCUT2D eigenvalue weighted by atomic mass is 35.5. The van der Waals surface area contributed by atoms with Crippen LogP contribution >= 0.6 is 11.6 Å². The minimum atomic E-state index is 0.218. The van der Waals surface area contributed by atoms with Crippen LogP contribution in [0.25, 0.3) is 0 Å². The van der Waals surface area contributed by atoms with Gasteiger partial charge < -0.3 is 9.15 Å². The highest BCUT2D eigenvalue weighted by Gasteiger charge is 2.09. The van der Waals surface area contributed by atoms with Crippen molar-refractivity contribution in [2.45, 2.75) is 32.3 Å². The average molecular weight is 267 g/mol. The van der Waals surface area contributed by atoms with Crippen LogP contribution in [0.1, 0.15) is 37.1 Å². The fourth-order valence-electron chi connectivity index (χ4n) is 1.63. The molecule has 2 aromatic rings. The van der Waals surface area contributed by atoms with Crippen molar-refractivity contribution >= 4 is 11.6 Å². The minimum absolute atomic E-state index is 0.218. The molecule has 2 rings (SSSR count). The molecular formula is C13H15ClN2O2. The highest BCUT2D eigenvalue weighted by Crippen LogP contribution is 2.26. The number of hydrogen-bond donors (Lipinski definition) is 0. The van der Waals surface area contributed by atoms with Crippen molar-refractivity contribution in [3.8, 4) is 5.75 Å². The summed E-state index contributed by atoms with van der Waals surface area (Å²) in [7, 11) is 0. The largest absolute Gasteiger partial charge is 0.484 e. The third kappa shape index (κ3) is 3.01. The molecule has 0 fully saturated rings. The van der Waals surface area contributed by atoms with Crippen molar-refractivity contribution in [1.29, 1.82) is 0 Å². The lowest BCUT2D eigenvalue weighted by molar-refractivity contribution is 0.257. The van der Waals surface area contributed by atoms with Crippen molar-refractivity contribution in [3.63, 3.8) is 0 Å². The van der Waals surface area contributed by atoms with Gasteiger partial charge in [0.25, 0.3) is 5.89 Å². The molecule has 0 aliphatic heterocycles. The van der Waals surface area contributed by atoms with E-state index in [4.69, 9.17) is 20.8 Å². The van der Waals surface area contributed by atoms with Gasteiger partial charge in [-0.2, -0.15) is 0 Å². The van der Waals surface area contributed by atoms with E-state index in [1.165, 1.54) is 0 Å². The predicted molar refractivity (Wildman–Crippen MR) is 68.7 cm³/mol. The Balaban J connectivity index is 2.05. The number of ether oxygens (including phenoxy) is 1. The Labute approximate surface area is 111 Å². The molecule has 0 amide bonds. The van der Waals surface area contributed by atoms with Crippen LogP contribution in [0.15, 0.2) is 28.7 Å². The van der Waals surface area contributed by atoms with Crippen molar-refractivity contribution in [2.24, 2.45) is 0 Å². The van der Waals surface area contributed by atoms with Crippen molar-refractivity contribution in [3.05, 3.63) is 41.6 Å². The van der Waals surface area contributed by atoms with Gasteiger partial charge in [-0.3, -0.25) is 0 Å². The summed E-state index contributed by atoms with van der Waals surface area (Å²) in [4.78, 5) is 0. The molecule has 0 atom stereocenters. The molecule has 18 heavy (non-hydrogen) atoms. The molecule has 96 valence electrons. The van der Waals surface area contributed by atoms with Gasteiger partial charge in [-0.05, 0) is 17.5 Å². The first-order valence-electron chi connectivity index (χ1n) is 5.79. The first-order valence-corrected chi connectivity index (χ1v) is 6.33. The van der Waals surface area contributed by atoms with Gasteiger partial charge in [-0.15, -0.1) is 21.8 Å². The number of alkyl halides is 1. The summed E-state index contributed by atoms with van der Waals surface area (Å²) in [6.45, 7) is 4.51. The van der Waals surface area contributed by atoms with Gasteiger partial charge in [-0.1, -0.05) is 32.0 Å². The van der Waals surface area contributed by atoms with E-state index in [1.54, 1.807) is 0 Å². The molecular weight excluding hydrogens is 252 g/mol. The van der Waals surface area contributed by atoms with Crippen molar-refractivity contribution in [2.75, 3.05) is 0 Å². The first kappa shape index (κ1) is 12.9. The number of halogens is 1. The fraction of sp³-hybridized carbons (Fsp3) is 0.385. The van der Waals surface area contributed by atoms with E-state index < -0.39 is 0 Å². The molecule has 0 aliphatic carbocycles. The quantitative estimate of drug-likeness (QED) is 0.777. The van der Waals surface area contributed by atoms with E-state index in [1.807, 2.05) is 18.2 Å². The first-order chi connectivity index (χ1) is 8.70. The molecule has 0 spiro atoms. The molecule has 0 unspecified atom stereocenters. The van der Waals surface area contributed by atoms with Gasteiger partial charge in [0.05, 0.1) is 0 Å². The SMILES string of the molecule is CC(C)c1ccccc1OCc1nnc(CCl)o1. The van der Waals surface area contributed by atoms with E-state index >= 15 is 0 Å². The second-order valence-corrected chi connectivity index (χ2v) is 4.47. The minimum Gasteiger partial charge on any atom is -0.484 e. The van der Waals surface area contributed by atoms with E-state index in [0.29, 0.717) is 17.7 Å². The van der Waals surface area contributed by atoms with Gasteiger partial charge >= 0.3 is 0 Å². The fourth-order valence-corrected chi connectivity index (χ4v) is 1.74. The Morgan fingerprint density at radius 3 is 2.61 bits per heavy atom. The van der Waals surface area contributed by atoms with Crippen LogP contribution in [-0.4, -0.2) is 10.2 Å². The molecule has 1 aromatic carbocycles. The Bertz CT molecular complexity index is 511. The number of benzene rings is 1. The summed E-state index contributed by atoms with van der Waals surface area (Å²) < 4.78 is 11.0. The van der Waals surface area contributed by atoms with Crippen LogP contribution in [0.2, 0.25) is 0 Å². The Kier molecular flexibility index (Phi) is 4.20. The number of nitrogens with zero attached hydrogens (tertiary/aromatic N) is 2. The smallest absolute Gasteiger partial charge is 0.253 e. The third-order valence-corrected chi connectivity index (χ3v) is 2.74. The van der Waals surface area contributed by atoms with Gasteiger partial charge in [0.2, 0.25) is 5.89 Å². The Hall–Kier alpha value is -1.55. The maximum atomic E-state index is 5.70. The van der Waals surface area contributed by atoms with Crippen LogP contribution in [0.4, 0.5) is 0 Å². The molecule has 0 N–H and O–H groups in total. The topological polar surface area (TPSA) is 48.2 Å². The number of para-hydroxylation sites is 1. The molecule has 0 bridgehead atoms. The third-order valence-electron chi connectivity index (χ3n) is 2.52. The second kappa shape index (κ2) is 5.87. The summed E-state index contributed by atoms with van der Waals surface area (Å²) >= 11 is 5.59. The number of rotatable bonds is 5. The van der Waals surface area contributed by atoms with E-state index in [9.17, 15) is 0 Å². The molecule has 5 heteroatoms. The summed E-state index contributed by atoms with van der Waals surface area (Å²) in [6.07, 6.45) is 0. The summed E-state index contributed by atoms with van der Waals surface area (Å²) in [6, 6.07) is 7.94. The summed E-state index contributed by atoms with van der Waals surface area (Å²) in [5, 5.41) is 7.63. The highest BCUT2D eigenvalue weighted by molar-refractivity contribution is 6.16. The van der Waals surface area contributed by atoms with Gasteiger partial charge in [0, 0.05) is 0 Å². The van der Waals surface area contributed by atoms with Crippen molar-refractivity contribution < 1.29 is 9.15 Å². The van der Waals surface area contributed by atoms with E-state index in [2.05, 4.69) is 30.1 Å². The van der Waals surface area contributed by atoms with Crippen LogP contribution < -0.4 is 4.74 Å². The standard InChI is InChI=1S/C13H15ClN2O2/c1-9(2)10-5-3-4-6-11(10)17-8-13-16-15-12(7-14)18-13/h3-6,9H,7-8H2,1-2H3. The van der Waals surface area contributed by atoms with Gasteiger partial charge in [0.15, 0.2) is 6.61 Å². The lowest BCUT2D eigenvalue weighted by atomic mass is 10.0. The zero-order valence-corrected chi connectivity index (χ0v) is 11.1. The van der Waals surface area contributed by atoms with E-state index in [-0.39, 0.29) is 12.5 Å². The monoisotopic (exact) mass is 266 g/mol. The molecule has 0 saturated heterocycles. The maximum Gasteiger partial charge on any atom is 0.253 e.